The van der Waals surface area contributed by atoms with Crippen LogP contribution in [0.3, 0.4) is 0 Å². The number of rotatable bonds is 2. The number of benzene rings is 1. The van der Waals surface area contributed by atoms with Crippen molar-refractivity contribution >= 4 is 23.2 Å². The van der Waals surface area contributed by atoms with E-state index in [1.807, 2.05) is 0 Å². The maximum Gasteiger partial charge on any atom is 0.281 e. The summed E-state index contributed by atoms with van der Waals surface area (Å²) in [6, 6.07) is 3.79. The third-order valence-corrected chi connectivity index (χ3v) is 2.82. The minimum atomic E-state index is -2.85. The first-order valence-electron chi connectivity index (χ1n) is 4.74. The summed E-state index contributed by atoms with van der Waals surface area (Å²) < 4.78 is 38.9. The maximum absolute atomic E-state index is 13.7. The fraction of sp³-hybridized carbons (Fsp3) is 0.0909. The second kappa shape index (κ2) is 5.12. The number of nitrogens with zero attached hydrogens (tertiary/aromatic N) is 2. The molecule has 0 aliphatic rings. The van der Waals surface area contributed by atoms with Gasteiger partial charge in [0.25, 0.3) is 6.43 Å². The minimum absolute atomic E-state index is 0.00583. The molecule has 2 nitrogen and oxygen atoms in total. The van der Waals surface area contributed by atoms with Crippen molar-refractivity contribution in [3.63, 3.8) is 0 Å². The van der Waals surface area contributed by atoms with Crippen LogP contribution in [0, 0.1) is 5.82 Å². The van der Waals surface area contributed by atoms with E-state index in [-0.39, 0.29) is 21.3 Å². The number of aromatic nitrogens is 2. The van der Waals surface area contributed by atoms with Crippen LogP contribution in [0.25, 0.3) is 11.3 Å². The van der Waals surface area contributed by atoms with Crippen molar-refractivity contribution in [1.29, 1.82) is 0 Å². The van der Waals surface area contributed by atoms with Crippen molar-refractivity contribution in [2.24, 2.45) is 0 Å². The molecule has 1 aromatic heterocycles. The Hall–Kier alpha value is -1.33. The Balaban J connectivity index is 2.61. The van der Waals surface area contributed by atoms with Crippen LogP contribution in [-0.2, 0) is 0 Å². The van der Waals surface area contributed by atoms with Gasteiger partial charge in [0, 0.05) is 10.6 Å². The molecule has 2 aromatic rings. The van der Waals surface area contributed by atoms with E-state index < -0.39 is 17.9 Å². The summed E-state index contributed by atoms with van der Waals surface area (Å²) in [5.41, 5.74) is -0.721. The minimum Gasteiger partial charge on any atom is -0.235 e. The highest BCUT2D eigenvalue weighted by Crippen LogP contribution is 2.34. The zero-order valence-electron chi connectivity index (χ0n) is 8.67. The van der Waals surface area contributed by atoms with E-state index in [1.54, 1.807) is 0 Å². The van der Waals surface area contributed by atoms with Crippen molar-refractivity contribution in [2.75, 3.05) is 0 Å². The summed E-state index contributed by atoms with van der Waals surface area (Å²) in [6.07, 6.45) is -1.94. The Kier molecular flexibility index (Phi) is 3.73. The van der Waals surface area contributed by atoms with E-state index in [4.69, 9.17) is 23.2 Å². The predicted molar refractivity (Wildman–Crippen MR) is 62.4 cm³/mol. The molecule has 2 rings (SSSR count). The van der Waals surface area contributed by atoms with Crippen LogP contribution in [0.4, 0.5) is 13.2 Å². The molecule has 0 atom stereocenters. The molecular weight excluding hydrogens is 288 g/mol. The van der Waals surface area contributed by atoms with Gasteiger partial charge in [0.2, 0.25) is 0 Å². The largest absolute Gasteiger partial charge is 0.281 e. The van der Waals surface area contributed by atoms with E-state index >= 15 is 0 Å². The van der Waals surface area contributed by atoms with E-state index in [0.717, 1.165) is 12.4 Å². The van der Waals surface area contributed by atoms with Gasteiger partial charge in [-0.2, -0.15) is 0 Å². The third-order valence-electron chi connectivity index (χ3n) is 2.21. The molecule has 0 spiro atoms. The van der Waals surface area contributed by atoms with Gasteiger partial charge in [0.1, 0.15) is 17.8 Å². The lowest BCUT2D eigenvalue weighted by atomic mass is 10.1. The fourth-order valence-corrected chi connectivity index (χ4v) is 1.85. The van der Waals surface area contributed by atoms with Gasteiger partial charge >= 0.3 is 0 Å². The first kappa shape index (κ1) is 13.1. The number of alkyl halides is 2. The zero-order valence-corrected chi connectivity index (χ0v) is 10.2. The van der Waals surface area contributed by atoms with Crippen LogP contribution in [0.1, 0.15) is 12.1 Å². The third kappa shape index (κ3) is 2.42. The summed E-state index contributed by atoms with van der Waals surface area (Å²) in [5, 5.41) is -0.177. The molecule has 18 heavy (non-hydrogen) atoms. The monoisotopic (exact) mass is 292 g/mol. The Morgan fingerprint density at radius 3 is 2.44 bits per heavy atom. The number of halogens is 5. The van der Waals surface area contributed by atoms with Crippen LogP contribution < -0.4 is 0 Å². The molecule has 0 aliphatic carbocycles. The lowest BCUT2D eigenvalue weighted by Gasteiger charge is -2.08. The van der Waals surface area contributed by atoms with E-state index in [0.29, 0.717) is 0 Å². The fourth-order valence-electron chi connectivity index (χ4n) is 1.40. The highest BCUT2D eigenvalue weighted by atomic mass is 35.5. The standard InChI is InChI=1S/C11H5Cl2F3N2/c12-5-1-2-6(7(14)3-5)9-8(13)10(11(15)16)18-4-17-9/h1-4,11H. The molecule has 1 heterocycles. The van der Waals surface area contributed by atoms with Gasteiger partial charge in [-0.05, 0) is 18.2 Å². The first-order valence-corrected chi connectivity index (χ1v) is 5.50. The summed E-state index contributed by atoms with van der Waals surface area (Å²) >= 11 is 11.3. The molecule has 7 heteroatoms. The highest BCUT2D eigenvalue weighted by Gasteiger charge is 2.20. The topological polar surface area (TPSA) is 25.8 Å². The van der Waals surface area contributed by atoms with Crippen molar-refractivity contribution < 1.29 is 13.2 Å². The van der Waals surface area contributed by atoms with E-state index in [9.17, 15) is 13.2 Å². The van der Waals surface area contributed by atoms with Crippen molar-refractivity contribution in [1.82, 2.24) is 9.97 Å². The van der Waals surface area contributed by atoms with Gasteiger partial charge in [0.15, 0.2) is 0 Å². The van der Waals surface area contributed by atoms with Crippen LogP contribution in [0.15, 0.2) is 24.5 Å². The quantitative estimate of drug-likeness (QED) is 0.813. The molecule has 0 unspecified atom stereocenters. The Morgan fingerprint density at radius 1 is 1.11 bits per heavy atom. The molecule has 0 N–H and O–H groups in total. The Labute approximate surface area is 110 Å². The zero-order chi connectivity index (χ0) is 13.3. The van der Waals surface area contributed by atoms with Gasteiger partial charge in [-0.3, -0.25) is 0 Å². The molecule has 0 aliphatic heterocycles. The van der Waals surface area contributed by atoms with Crippen molar-refractivity contribution in [2.45, 2.75) is 6.43 Å². The van der Waals surface area contributed by atoms with Crippen LogP contribution in [0.2, 0.25) is 10.0 Å². The molecule has 0 saturated heterocycles. The summed E-state index contributed by atoms with van der Waals surface area (Å²) in [5.74, 6) is -0.691. The van der Waals surface area contributed by atoms with Gasteiger partial charge in [-0.1, -0.05) is 23.2 Å². The molecule has 0 bridgehead atoms. The Bertz CT molecular complexity index is 590. The van der Waals surface area contributed by atoms with Crippen molar-refractivity contribution in [3.8, 4) is 11.3 Å². The number of hydrogen-bond donors (Lipinski definition) is 0. The highest BCUT2D eigenvalue weighted by molar-refractivity contribution is 6.33. The molecule has 94 valence electrons. The van der Waals surface area contributed by atoms with Crippen LogP contribution in [-0.4, -0.2) is 9.97 Å². The van der Waals surface area contributed by atoms with Gasteiger partial charge in [-0.25, -0.2) is 23.1 Å². The van der Waals surface area contributed by atoms with E-state index in [1.165, 1.54) is 12.1 Å². The second-order valence-electron chi connectivity index (χ2n) is 3.35. The molecule has 0 fully saturated rings. The lowest BCUT2D eigenvalue weighted by molar-refractivity contribution is 0.146. The normalized spacial score (nSPS) is 11.0. The summed E-state index contributed by atoms with van der Waals surface area (Å²) in [4.78, 5) is 7.09. The predicted octanol–water partition coefficient (Wildman–Crippen LogP) is 4.53. The first-order chi connectivity index (χ1) is 8.50. The number of hydrogen-bond acceptors (Lipinski definition) is 2. The smallest absolute Gasteiger partial charge is 0.235 e. The molecule has 0 radical (unpaired) electrons. The summed E-state index contributed by atoms with van der Waals surface area (Å²) in [7, 11) is 0. The van der Waals surface area contributed by atoms with Gasteiger partial charge in [0.05, 0.1) is 10.7 Å². The van der Waals surface area contributed by atoms with Crippen LogP contribution in [0.5, 0.6) is 0 Å². The van der Waals surface area contributed by atoms with Gasteiger partial charge < -0.3 is 0 Å². The van der Waals surface area contributed by atoms with Gasteiger partial charge in [-0.15, -0.1) is 0 Å². The second-order valence-corrected chi connectivity index (χ2v) is 4.16. The average Bonchev–Trinajstić information content (AvgIpc) is 2.30. The van der Waals surface area contributed by atoms with Crippen molar-refractivity contribution in [3.05, 3.63) is 46.1 Å². The molecular formula is C11H5Cl2F3N2. The van der Waals surface area contributed by atoms with Crippen LogP contribution >= 0.6 is 23.2 Å². The SMILES string of the molecule is Fc1cc(Cl)ccc1-c1ncnc(C(F)F)c1Cl. The average molecular weight is 293 g/mol. The summed E-state index contributed by atoms with van der Waals surface area (Å²) in [6.45, 7) is 0. The maximum atomic E-state index is 13.7. The lowest BCUT2D eigenvalue weighted by Crippen LogP contribution is -1.97. The molecule has 1 aromatic carbocycles. The van der Waals surface area contributed by atoms with E-state index in [2.05, 4.69) is 9.97 Å². The Morgan fingerprint density at radius 2 is 1.83 bits per heavy atom. The molecule has 0 amide bonds. The molecule has 0 saturated carbocycles.